The number of hydrogen-bond acceptors (Lipinski definition) is 5. The van der Waals surface area contributed by atoms with Gasteiger partial charge in [0.05, 0.1) is 11.2 Å². The number of nitrogens with zero attached hydrogens (tertiary/aromatic N) is 1. The number of aliphatic hydroxyl groups excluding tert-OH is 1. The van der Waals surface area contributed by atoms with Crippen molar-refractivity contribution in [1.82, 2.24) is 10.3 Å². The van der Waals surface area contributed by atoms with Crippen molar-refractivity contribution < 1.29 is 28.2 Å². The first-order valence-electron chi connectivity index (χ1n) is 11.4. The van der Waals surface area contributed by atoms with Gasteiger partial charge in [0.25, 0.3) is 0 Å². The summed E-state index contributed by atoms with van der Waals surface area (Å²) in [6, 6.07) is 4.60. The smallest absolute Gasteiger partial charge is 0.319 e. The van der Waals surface area contributed by atoms with Gasteiger partial charge in [0.2, 0.25) is 5.91 Å². The van der Waals surface area contributed by atoms with Gasteiger partial charge in [-0.25, -0.2) is 18.6 Å². The summed E-state index contributed by atoms with van der Waals surface area (Å²) in [5.74, 6) is -0.768. The number of allylic oxidation sites excluding steroid dienone is 4. The molecule has 186 valence electrons. The summed E-state index contributed by atoms with van der Waals surface area (Å²) >= 11 is 0. The first kappa shape index (κ1) is 23.5. The number of aliphatic hydroxyl groups is 1. The Morgan fingerprint density at radius 1 is 1.31 bits per heavy atom. The lowest BCUT2D eigenvalue weighted by Crippen LogP contribution is -2.37. The van der Waals surface area contributed by atoms with Gasteiger partial charge in [-0.1, -0.05) is 12.6 Å². The molecule has 2 saturated carbocycles. The molecule has 0 saturated heterocycles. The maximum absolute atomic E-state index is 13.8. The normalized spacial score (nSPS) is 24.1. The minimum atomic E-state index is -1.13. The third-order valence-corrected chi connectivity index (χ3v) is 6.78. The van der Waals surface area contributed by atoms with Gasteiger partial charge in [0.1, 0.15) is 23.1 Å². The molecule has 0 radical (unpaired) electrons. The van der Waals surface area contributed by atoms with Gasteiger partial charge >= 0.3 is 6.03 Å². The number of pyridine rings is 1. The van der Waals surface area contributed by atoms with E-state index in [1.165, 1.54) is 18.2 Å². The second-order valence-corrected chi connectivity index (χ2v) is 9.15. The van der Waals surface area contributed by atoms with Crippen LogP contribution in [0.4, 0.5) is 25.1 Å². The highest BCUT2D eigenvalue weighted by molar-refractivity contribution is 5.93. The second-order valence-electron chi connectivity index (χ2n) is 9.15. The Bertz CT molecular complexity index is 1360. The number of halogens is 2. The third-order valence-electron chi connectivity index (χ3n) is 6.78. The topological polar surface area (TPSA) is 113 Å². The minimum absolute atomic E-state index is 0.0445. The van der Waals surface area contributed by atoms with Crippen LogP contribution in [-0.4, -0.2) is 27.6 Å². The van der Waals surface area contributed by atoms with E-state index in [0.29, 0.717) is 42.2 Å². The van der Waals surface area contributed by atoms with Crippen LogP contribution in [0.5, 0.6) is 5.75 Å². The molecule has 36 heavy (non-hydrogen) atoms. The number of fused-ring (bicyclic) bond motifs is 2. The molecule has 5 rings (SSSR count). The summed E-state index contributed by atoms with van der Waals surface area (Å²) in [5.41, 5.74) is 0.488. The van der Waals surface area contributed by atoms with Crippen molar-refractivity contribution in [2.45, 2.75) is 31.7 Å². The van der Waals surface area contributed by atoms with Gasteiger partial charge < -0.3 is 25.8 Å². The van der Waals surface area contributed by atoms with Crippen LogP contribution in [0.3, 0.4) is 0 Å². The van der Waals surface area contributed by atoms with Crippen LogP contribution in [0.25, 0.3) is 0 Å². The number of amides is 3. The van der Waals surface area contributed by atoms with Crippen LogP contribution in [0, 0.1) is 23.5 Å². The number of rotatable bonds is 7. The van der Waals surface area contributed by atoms with Gasteiger partial charge in [-0.3, -0.25) is 4.79 Å². The van der Waals surface area contributed by atoms with E-state index in [2.05, 4.69) is 27.5 Å². The van der Waals surface area contributed by atoms with Crippen LogP contribution < -0.4 is 20.7 Å². The highest BCUT2D eigenvalue weighted by Crippen LogP contribution is 2.74. The summed E-state index contributed by atoms with van der Waals surface area (Å²) in [5, 5.41) is 18.4. The van der Waals surface area contributed by atoms with Crippen LogP contribution in [-0.2, 0) is 11.2 Å². The molecule has 8 nitrogen and oxygen atoms in total. The standard InChI is InChI=1S/C26H24F2N4O4/c1-13(36-20-10-11-29-24-15(20)7-9-21(34)31-24)6-8-19(33)14(2)22-16-12-26(16,22)32-25(35)30-18-5-3-4-17(27)23(18)28/h3-6,8,10-11,16,22,33H,2,7,9,12H2,1H3,(H,29,31,34)(H2,30,32,35)/b13-6+,19-8+. The number of carbonyl (C=O) groups excluding carboxylic acids is 2. The fourth-order valence-electron chi connectivity index (χ4n) is 4.67. The average molecular weight is 494 g/mol. The first-order valence-corrected chi connectivity index (χ1v) is 11.4. The molecule has 2 heterocycles. The number of carbonyl (C=O) groups is 2. The summed E-state index contributed by atoms with van der Waals surface area (Å²) in [6.07, 6.45) is 6.21. The highest BCUT2D eigenvalue weighted by Gasteiger charge is 2.80. The predicted molar refractivity (Wildman–Crippen MR) is 128 cm³/mol. The molecule has 0 spiro atoms. The van der Waals surface area contributed by atoms with Gasteiger partial charge in [0.15, 0.2) is 11.6 Å². The molecule has 10 heteroatoms. The second kappa shape index (κ2) is 8.78. The van der Waals surface area contributed by atoms with Crippen molar-refractivity contribution >= 4 is 23.4 Å². The Morgan fingerprint density at radius 3 is 2.89 bits per heavy atom. The third kappa shape index (κ3) is 4.30. The molecule has 2 aliphatic carbocycles. The van der Waals surface area contributed by atoms with E-state index in [4.69, 9.17) is 4.74 Å². The molecule has 1 aliphatic heterocycles. The van der Waals surface area contributed by atoms with E-state index in [1.807, 2.05) is 0 Å². The van der Waals surface area contributed by atoms with E-state index in [0.717, 1.165) is 11.6 Å². The first-order chi connectivity index (χ1) is 17.2. The van der Waals surface area contributed by atoms with Gasteiger partial charge in [0, 0.05) is 24.1 Å². The van der Waals surface area contributed by atoms with E-state index in [-0.39, 0.29) is 29.2 Å². The lowest BCUT2D eigenvalue weighted by Gasteiger charge is -2.19. The van der Waals surface area contributed by atoms with Crippen LogP contribution in [0.1, 0.15) is 25.3 Å². The molecular formula is C26H24F2N4O4. The van der Waals surface area contributed by atoms with Gasteiger partial charge in [-0.05, 0) is 61.6 Å². The number of benzene rings is 1. The van der Waals surface area contributed by atoms with Crippen LogP contribution in [0.2, 0.25) is 0 Å². The van der Waals surface area contributed by atoms with E-state index in [9.17, 15) is 23.5 Å². The number of urea groups is 1. The Hall–Kier alpha value is -4.21. The van der Waals surface area contributed by atoms with Crippen molar-refractivity contribution in [2.75, 3.05) is 10.6 Å². The summed E-state index contributed by atoms with van der Waals surface area (Å²) < 4.78 is 33.1. The fourth-order valence-corrected chi connectivity index (χ4v) is 4.67. The Labute approximate surface area is 205 Å². The number of ether oxygens (including phenoxy) is 1. The largest absolute Gasteiger partial charge is 0.508 e. The molecule has 1 aromatic heterocycles. The van der Waals surface area contributed by atoms with E-state index < -0.39 is 23.2 Å². The Balaban J connectivity index is 1.19. The lowest BCUT2D eigenvalue weighted by molar-refractivity contribution is -0.116. The maximum atomic E-state index is 13.8. The van der Waals surface area contributed by atoms with Crippen molar-refractivity contribution in [3.63, 3.8) is 0 Å². The summed E-state index contributed by atoms with van der Waals surface area (Å²) in [6.45, 7) is 5.70. The van der Waals surface area contributed by atoms with Gasteiger partial charge in [-0.2, -0.15) is 0 Å². The van der Waals surface area contributed by atoms with E-state index in [1.54, 1.807) is 25.3 Å². The van der Waals surface area contributed by atoms with Crippen LogP contribution in [0.15, 0.2) is 66.3 Å². The minimum Gasteiger partial charge on any atom is -0.508 e. The average Bonchev–Trinajstić information content (AvgIpc) is 3.70. The molecule has 4 N–H and O–H groups in total. The number of anilines is 2. The molecule has 3 unspecified atom stereocenters. The van der Waals surface area contributed by atoms with Crippen molar-refractivity contribution in [2.24, 2.45) is 11.8 Å². The van der Waals surface area contributed by atoms with Crippen LogP contribution >= 0.6 is 0 Å². The zero-order valence-corrected chi connectivity index (χ0v) is 19.4. The Kier molecular flexibility index (Phi) is 5.74. The monoisotopic (exact) mass is 494 g/mol. The number of hydrogen-bond donors (Lipinski definition) is 4. The molecular weight excluding hydrogens is 470 g/mol. The molecule has 2 aromatic rings. The zero-order valence-electron chi connectivity index (χ0n) is 19.4. The fraction of sp³-hybridized carbons (Fsp3) is 0.269. The quantitative estimate of drug-likeness (QED) is 0.328. The molecule has 3 aliphatic rings. The van der Waals surface area contributed by atoms with E-state index >= 15 is 0 Å². The van der Waals surface area contributed by atoms with Gasteiger partial charge in [-0.15, -0.1) is 0 Å². The summed E-state index contributed by atoms with van der Waals surface area (Å²) in [7, 11) is 0. The molecule has 2 fully saturated rings. The molecule has 0 bridgehead atoms. The zero-order chi connectivity index (χ0) is 25.6. The predicted octanol–water partition coefficient (Wildman–Crippen LogP) is 4.74. The molecule has 3 atom stereocenters. The number of nitrogens with one attached hydrogen (secondary N) is 3. The number of aromatic nitrogens is 1. The molecule has 3 amide bonds. The van der Waals surface area contributed by atoms with Crippen molar-refractivity contribution in [3.05, 3.63) is 83.5 Å². The highest BCUT2D eigenvalue weighted by atomic mass is 19.2. The Morgan fingerprint density at radius 2 is 2.11 bits per heavy atom. The SMILES string of the molecule is C=C(/C(O)=C\C=C(/C)Oc1ccnc2c1CCC(=O)N2)C1C2CC21NC(=O)Nc1cccc(F)c1F. The maximum Gasteiger partial charge on any atom is 0.319 e. The molecule has 1 aromatic carbocycles. The summed E-state index contributed by atoms with van der Waals surface area (Å²) in [4.78, 5) is 28.1. The van der Waals surface area contributed by atoms with Crippen molar-refractivity contribution in [3.8, 4) is 5.75 Å². The van der Waals surface area contributed by atoms with Crippen molar-refractivity contribution in [1.29, 1.82) is 0 Å². The lowest BCUT2D eigenvalue weighted by atomic mass is 10.0.